The average molecular weight is 229 g/mol. The molecule has 0 fully saturated rings. The Bertz CT molecular complexity index is 228. The molecule has 0 aromatic heterocycles. The summed E-state index contributed by atoms with van der Waals surface area (Å²) in [6, 6.07) is 0.310. The molecule has 0 aliphatic carbocycles. The van der Waals surface area contributed by atoms with E-state index < -0.39 is 11.5 Å². The van der Waals surface area contributed by atoms with Crippen molar-refractivity contribution in [1.29, 1.82) is 0 Å². The van der Waals surface area contributed by atoms with Crippen molar-refractivity contribution < 1.29 is 9.90 Å². The van der Waals surface area contributed by atoms with E-state index in [0.717, 1.165) is 12.8 Å². The quantitative estimate of drug-likeness (QED) is 0.729. The molecule has 2 unspecified atom stereocenters. The maximum absolute atomic E-state index is 11.5. The molecule has 3 nitrogen and oxygen atoms in total. The van der Waals surface area contributed by atoms with Gasteiger partial charge in [0.05, 0.1) is 0 Å². The van der Waals surface area contributed by atoms with Crippen molar-refractivity contribution in [2.75, 3.05) is 7.05 Å². The van der Waals surface area contributed by atoms with Gasteiger partial charge in [0.15, 0.2) is 0 Å². The lowest BCUT2D eigenvalue weighted by molar-refractivity contribution is -0.152. The highest BCUT2D eigenvalue weighted by atomic mass is 16.4. The second-order valence-electron chi connectivity index (χ2n) is 5.43. The summed E-state index contributed by atoms with van der Waals surface area (Å²) in [5.41, 5.74) is -0.747. The van der Waals surface area contributed by atoms with E-state index in [9.17, 15) is 9.90 Å². The van der Waals surface area contributed by atoms with Crippen LogP contribution in [0.25, 0.3) is 0 Å². The van der Waals surface area contributed by atoms with Gasteiger partial charge in [0, 0.05) is 6.04 Å². The number of carboxylic acids is 1. The highest BCUT2D eigenvalue weighted by molar-refractivity contribution is 5.78. The Balaban J connectivity index is 4.82. The summed E-state index contributed by atoms with van der Waals surface area (Å²) in [4.78, 5) is 13.5. The van der Waals surface area contributed by atoms with Crippen LogP contribution in [0.4, 0.5) is 0 Å². The molecule has 0 heterocycles. The number of rotatable bonds is 7. The third kappa shape index (κ3) is 3.78. The van der Waals surface area contributed by atoms with Gasteiger partial charge in [0.2, 0.25) is 0 Å². The zero-order valence-electron chi connectivity index (χ0n) is 11.6. The van der Waals surface area contributed by atoms with Crippen LogP contribution in [0.15, 0.2) is 0 Å². The summed E-state index contributed by atoms with van der Waals surface area (Å²) < 4.78 is 0. The number of aliphatic carboxylic acids is 1. The Morgan fingerprint density at radius 1 is 1.38 bits per heavy atom. The molecular weight excluding hydrogens is 202 g/mol. The van der Waals surface area contributed by atoms with Gasteiger partial charge in [-0.25, -0.2) is 0 Å². The average Bonchev–Trinajstić information content (AvgIpc) is 2.15. The van der Waals surface area contributed by atoms with Gasteiger partial charge in [0.1, 0.15) is 5.54 Å². The molecule has 0 aromatic rings. The number of carboxylic acid groups (broad SMARTS) is 1. The summed E-state index contributed by atoms with van der Waals surface area (Å²) in [7, 11) is 1.93. The fourth-order valence-electron chi connectivity index (χ4n) is 2.27. The van der Waals surface area contributed by atoms with Gasteiger partial charge >= 0.3 is 5.97 Å². The van der Waals surface area contributed by atoms with Crippen LogP contribution in [-0.4, -0.2) is 34.6 Å². The predicted octanol–water partition coefficient (Wildman–Crippen LogP) is 3.00. The number of hydrogen-bond acceptors (Lipinski definition) is 2. The summed E-state index contributed by atoms with van der Waals surface area (Å²) in [6.45, 7) is 10.2. The topological polar surface area (TPSA) is 40.5 Å². The molecule has 0 aliphatic heterocycles. The minimum absolute atomic E-state index is 0.310. The molecule has 3 heteroatoms. The van der Waals surface area contributed by atoms with Gasteiger partial charge in [-0.1, -0.05) is 27.2 Å². The van der Waals surface area contributed by atoms with E-state index in [4.69, 9.17) is 0 Å². The van der Waals surface area contributed by atoms with Crippen LogP contribution in [0.5, 0.6) is 0 Å². The highest BCUT2D eigenvalue weighted by Gasteiger charge is 2.39. The Morgan fingerprint density at radius 3 is 2.19 bits per heavy atom. The lowest BCUT2D eigenvalue weighted by Gasteiger charge is -2.40. The number of carbonyl (C=O) groups is 1. The van der Waals surface area contributed by atoms with Crippen molar-refractivity contribution in [2.24, 2.45) is 5.92 Å². The van der Waals surface area contributed by atoms with Crippen molar-refractivity contribution in [3.05, 3.63) is 0 Å². The fourth-order valence-corrected chi connectivity index (χ4v) is 2.27. The summed E-state index contributed by atoms with van der Waals surface area (Å²) >= 11 is 0. The Kier molecular flexibility index (Phi) is 6.01. The third-order valence-electron chi connectivity index (χ3n) is 3.41. The van der Waals surface area contributed by atoms with Gasteiger partial charge < -0.3 is 5.11 Å². The normalized spacial score (nSPS) is 17.5. The minimum atomic E-state index is -0.747. The molecule has 0 saturated carbocycles. The molecule has 0 aliphatic rings. The maximum Gasteiger partial charge on any atom is 0.323 e. The minimum Gasteiger partial charge on any atom is -0.480 e. The second-order valence-corrected chi connectivity index (χ2v) is 5.43. The molecule has 2 atom stereocenters. The van der Waals surface area contributed by atoms with Crippen molar-refractivity contribution in [3.8, 4) is 0 Å². The zero-order chi connectivity index (χ0) is 12.9. The number of likely N-dealkylation sites (N-methyl/N-ethyl adjacent to an activating group) is 1. The van der Waals surface area contributed by atoms with Crippen LogP contribution >= 0.6 is 0 Å². The van der Waals surface area contributed by atoms with Crippen LogP contribution in [0.1, 0.15) is 53.9 Å². The molecule has 0 bridgehead atoms. The lowest BCUT2D eigenvalue weighted by atomic mass is 9.88. The molecule has 0 rings (SSSR count). The van der Waals surface area contributed by atoms with Gasteiger partial charge in [-0.05, 0) is 39.7 Å². The Labute approximate surface area is 99.8 Å². The summed E-state index contributed by atoms with van der Waals surface area (Å²) in [6.07, 6.45) is 2.81. The van der Waals surface area contributed by atoms with E-state index in [0.29, 0.717) is 18.4 Å². The maximum atomic E-state index is 11.5. The van der Waals surface area contributed by atoms with Crippen LogP contribution in [0.3, 0.4) is 0 Å². The van der Waals surface area contributed by atoms with E-state index in [-0.39, 0.29) is 0 Å². The number of nitrogens with zero attached hydrogens (tertiary/aromatic N) is 1. The van der Waals surface area contributed by atoms with E-state index in [2.05, 4.69) is 27.7 Å². The first kappa shape index (κ1) is 15.4. The fraction of sp³-hybridized carbons (Fsp3) is 0.923. The largest absolute Gasteiger partial charge is 0.480 e. The SMILES string of the molecule is CCCC(C)N(C)C(C)(CC(C)C)C(=O)O. The first-order valence-corrected chi connectivity index (χ1v) is 6.22. The zero-order valence-corrected chi connectivity index (χ0v) is 11.6. The molecule has 0 aromatic carbocycles. The monoisotopic (exact) mass is 229 g/mol. The Hall–Kier alpha value is -0.570. The molecule has 16 heavy (non-hydrogen) atoms. The molecule has 96 valence electrons. The van der Waals surface area contributed by atoms with Crippen molar-refractivity contribution in [1.82, 2.24) is 4.90 Å². The standard InChI is InChI=1S/C13H27NO2/c1-7-8-11(4)14(6)13(5,12(15)16)9-10(2)3/h10-11H,7-9H2,1-6H3,(H,15,16). The van der Waals surface area contributed by atoms with Crippen molar-refractivity contribution in [2.45, 2.75) is 65.5 Å². The molecule has 0 saturated heterocycles. The van der Waals surface area contributed by atoms with E-state index >= 15 is 0 Å². The first-order chi connectivity index (χ1) is 7.25. The molecule has 0 amide bonds. The smallest absolute Gasteiger partial charge is 0.323 e. The highest BCUT2D eigenvalue weighted by Crippen LogP contribution is 2.26. The van der Waals surface area contributed by atoms with Gasteiger partial charge in [-0.15, -0.1) is 0 Å². The van der Waals surface area contributed by atoms with Crippen LogP contribution < -0.4 is 0 Å². The first-order valence-electron chi connectivity index (χ1n) is 6.22. The molecule has 1 N–H and O–H groups in total. The van der Waals surface area contributed by atoms with E-state index in [1.54, 1.807) is 0 Å². The molecule has 0 radical (unpaired) electrons. The summed E-state index contributed by atoms with van der Waals surface area (Å²) in [5.74, 6) is -0.330. The summed E-state index contributed by atoms with van der Waals surface area (Å²) in [5, 5.41) is 9.43. The third-order valence-corrected chi connectivity index (χ3v) is 3.41. The second kappa shape index (κ2) is 6.24. The lowest BCUT2D eigenvalue weighted by Crippen LogP contribution is -2.54. The van der Waals surface area contributed by atoms with Crippen LogP contribution in [0, 0.1) is 5.92 Å². The van der Waals surface area contributed by atoms with Gasteiger partial charge in [-0.3, -0.25) is 9.69 Å². The van der Waals surface area contributed by atoms with Gasteiger partial charge in [0.25, 0.3) is 0 Å². The van der Waals surface area contributed by atoms with Crippen molar-refractivity contribution in [3.63, 3.8) is 0 Å². The predicted molar refractivity (Wildman–Crippen MR) is 67.6 cm³/mol. The molecule has 0 spiro atoms. The van der Waals surface area contributed by atoms with E-state index in [1.165, 1.54) is 0 Å². The van der Waals surface area contributed by atoms with Gasteiger partial charge in [-0.2, -0.15) is 0 Å². The van der Waals surface area contributed by atoms with Crippen LogP contribution in [-0.2, 0) is 4.79 Å². The molecular formula is C13H27NO2. The Morgan fingerprint density at radius 2 is 1.88 bits per heavy atom. The van der Waals surface area contributed by atoms with E-state index in [1.807, 2.05) is 18.9 Å². The number of hydrogen-bond donors (Lipinski definition) is 1. The van der Waals surface area contributed by atoms with Crippen molar-refractivity contribution >= 4 is 5.97 Å². The van der Waals surface area contributed by atoms with Crippen LogP contribution in [0.2, 0.25) is 0 Å².